The number of aliphatic hydroxyl groups excluding tert-OH is 2. The summed E-state index contributed by atoms with van der Waals surface area (Å²) in [5.41, 5.74) is 0. The Kier molecular flexibility index (Phi) is 61.2. The number of aliphatic hydroxyl groups is 2. The number of carbonyl (C=O) groups excluding carboxylic acids is 1. The van der Waals surface area contributed by atoms with E-state index in [9.17, 15) is 15.0 Å². The van der Waals surface area contributed by atoms with Crippen LogP contribution in [0.5, 0.6) is 0 Å². The third kappa shape index (κ3) is 57.8. The minimum absolute atomic E-state index is 0.0572. The molecule has 0 aliphatic heterocycles. The second-order valence-electron chi connectivity index (χ2n) is 22.5. The first kappa shape index (κ1) is 68.9. The van der Waals surface area contributed by atoms with Crippen molar-refractivity contribution in [3.05, 3.63) is 24.3 Å². The summed E-state index contributed by atoms with van der Waals surface area (Å²) in [5.74, 6) is -0.0572. The van der Waals surface area contributed by atoms with Crippen molar-refractivity contribution in [2.75, 3.05) is 6.61 Å². The Labute approximate surface area is 440 Å². The second kappa shape index (κ2) is 62.2. The van der Waals surface area contributed by atoms with Crippen molar-refractivity contribution in [1.29, 1.82) is 0 Å². The molecule has 0 aromatic carbocycles. The van der Waals surface area contributed by atoms with E-state index in [0.29, 0.717) is 6.42 Å². The van der Waals surface area contributed by atoms with Crippen molar-refractivity contribution in [3.63, 3.8) is 0 Å². The van der Waals surface area contributed by atoms with E-state index in [0.717, 1.165) is 25.7 Å². The molecule has 0 aliphatic carbocycles. The molecule has 4 nitrogen and oxygen atoms in total. The van der Waals surface area contributed by atoms with Gasteiger partial charge < -0.3 is 15.5 Å². The van der Waals surface area contributed by atoms with Crippen LogP contribution in [0.2, 0.25) is 0 Å². The molecule has 0 radical (unpaired) electrons. The second-order valence-corrected chi connectivity index (χ2v) is 22.5. The normalized spacial score (nSPS) is 12.8. The molecule has 0 saturated carbocycles. The Balaban J connectivity index is 3.42. The van der Waals surface area contributed by atoms with Crippen LogP contribution < -0.4 is 5.32 Å². The lowest BCUT2D eigenvalue weighted by atomic mass is 10.0. The van der Waals surface area contributed by atoms with Crippen molar-refractivity contribution in [2.24, 2.45) is 0 Å². The molecule has 4 heteroatoms. The highest BCUT2D eigenvalue weighted by Crippen LogP contribution is 2.19. The minimum atomic E-state index is -0.839. The largest absolute Gasteiger partial charge is 0.394 e. The first-order valence-electron chi connectivity index (χ1n) is 32.6. The van der Waals surface area contributed by atoms with Crippen molar-refractivity contribution in [1.82, 2.24) is 5.32 Å². The van der Waals surface area contributed by atoms with E-state index in [1.807, 2.05) is 6.08 Å². The number of carbonyl (C=O) groups is 1. The van der Waals surface area contributed by atoms with Crippen molar-refractivity contribution in [2.45, 2.75) is 386 Å². The van der Waals surface area contributed by atoms with E-state index in [1.165, 1.54) is 327 Å². The molecule has 70 heavy (non-hydrogen) atoms. The molecule has 0 aromatic rings. The Hall–Kier alpha value is -1.13. The number of rotatable bonds is 61. The molecule has 0 bridgehead atoms. The summed E-state index contributed by atoms with van der Waals surface area (Å²) < 4.78 is 0. The standard InChI is InChI=1S/C66H129NO3/c1-3-5-7-9-11-13-15-17-19-21-23-25-27-29-30-31-32-33-34-35-36-38-39-41-43-45-47-49-51-53-55-57-59-61-65(69)64(63-68)67-66(70)62-60-58-56-54-52-50-48-46-44-42-40-37-28-26-24-22-20-18-16-14-12-10-8-6-4-2/h22,24,59,61,64-65,68-69H,3-21,23,25-58,60,62-63H2,1-2H3,(H,67,70)/b24-22-,61-59+. The fourth-order valence-corrected chi connectivity index (χ4v) is 10.5. The van der Waals surface area contributed by atoms with E-state index in [4.69, 9.17) is 0 Å². The fourth-order valence-electron chi connectivity index (χ4n) is 10.5. The fraction of sp³-hybridized carbons (Fsp3) is 0.924. The minimum Gasteiger partial charge on any atom is -0.394 e. The van der Waals surface area contributed by atoms with Crippen molar-refractivity contribution in [3.8, 4) is 0 Å². The first-order chi connectivity index (χ1) is 34.7. The summed E-state index contributed by atoms with van der Waals surface area (Å²) in [6.45, 7) is 4.35. The maximum Gasteiger partial charge on any atom is 0.220 e. The summed E-state index contributed by atoms with van der Waals surface area (Å²) in [4.78, 5) is 12.5. The lowest BCUT2D eigenvalue weighted by Crippen LogP contribution is -2.45. The smallest absolute Gasteiger partial charge is 0.220 e. The van der Waals surface area contributed by atoms with Gasteiger partial charge in [0.15, 0.2) is 0 Å². The molecule has 0 rings (SSSR count). The Morgan fingerprint density at radius 3 is 0.786 bits per heavy atom. The summed E-state index contributed by atoms with van der Waals surface area (Å²) >= 11 is 0. The molecule has 0 heterocycles. The van der Waals surface area contributed by atoms with Gasteiger partial charge in [-0.2, -0.15) is 0 Å². The molecule has 0 fully saturated rings. The highest BCUT2D eigenvalue weighted by atomic mass is 16.3. The van der Waals surface area contributed by atoms with Crippen LogP contribution in [-0.2, 0) is 4.79 Å². The number of nitrogens with one attached hydrogen (secondary N) is 1. The van der Waals surface area contributed by atoms with Gasteiger partial charge in [0.05, 0.1) is 18.8 Å². The van der Waals surface area contributed by atoms with Crippen LogP contribution in [0.1, 0.15) is 373 Å². The monoisotopic (exact) mass is 984 g/mol. The van der Waals surface area contributed by atoms with Gasteiger partial charge in [-0.05, 0) is 44.9 Å². The van der Waals surface area contributed by atoms with Gasteiger partial charge in [0.25, 0.3) is 0 Å². The Morgan fingerprint density at radius 2 is 0.543 bits per heavy atom. The molecular formula is C66H129NO3. The summed E-state index contributed by atoms with van der Waals surface area (Å²) in [6.07, 6.45) is 83.9. The molecular weight excluding hydrogens is 855 g/mol. The highest BCUT2D eigenvalue weighted by Gasteiger charge is 2.18. The number of hydrogen-bond donors (Lipinski definition) is 3. The maximum absolute atomic E-state index is 12.5. The lowest BCUT2D eigenvalue weighted by Gasteiger charge is -2.20. The number of amides is 1. The van der Waals surface area contributed by atoms with Crippen LogP contribution in [0.3, 0.4) is 0 Å². The van der Waals surface area contributed by atoms with Crippen molar-refractivity contribution < 1.29 is 15.0 Å². The number of hydrogen-bond acceptors (Lipinski definition) is 3. The molecule has 1 amide bonds. The average molecular weight is 985 g/mol. The predicted molar refractivity (Wildman–Crippen MR) is 313 cm³/mol. The van der Waals surface area contributed by atoms with Crippen LogP contribution in [0.15, 0.2) is 24.3 Å². The van der Waals surface area contributed by atoms with Crippen LogP contribution in [0.25, 0.3) is 0 Å². The highest BCUT2D eigenvalue weighted by molar-refractivity contribution is 5.76. The zero-order valence-electron chi connectivity index (χ0n) is 48.1. The van der Waals surface area contributed by atoms with E-state index in [2.05, 4.69) is 31.3 Å². The van der Waals surface area contributed by atoms with Crippen LogP contribution in [-0.4, -0.2) is 34.9 Å². The quantitative estimate of drug-likeness (QED) is 0.0420. The van der Waals surface area contributed by atoms with E-state index < -0.39 is 12.1 Å². The van der Waals surface area contributed by atoms with Gasteiger partial charge in [-0.25, -0.2) is 0 Å². The predicted octanol–water partition coefficient (Wildman–Crippen LogP) is 21.8. The van der Waals surface area contributed by atoms with E-state index in [-0.39, 0.29) is 12.5 Å². The average Bonchev–Trinajstić information content (AvgIpc) is 3.36. The third-order valence-corrected chi connectivity index (χ3v) is 15.4. The van der Waals surface area contributed by atoms with Gasteiger partial charge in [-0.15, -0.1) is 0 Å². The molecule has 0 aromatic heterocycles. The third-order valence-electron chi connectivity index (χ3n) is 15.4. The van der Waals surface area contributed by atoms with Gasteiger partial charge in [0.1, 0.15) is 0 Å². The molecule has 416 valence electrons. The molecule has 3 N–H and O–H groups in total. The van der Waals surface area contributed by atoms with Crippen LogP contribution in [0, 0.1) is 0 Å². The molecule has 0 aliphatic rings. The van der Waals surface area contributed by atoms with Crippen molar-refractivity contribution >= 4 is 5.91 Å². The van der Waals surface area contributed by atoms with Gasteiger partial charge in [-0.3, -0.25) is 4.79 Å². The van der Waals surface area contributed by atoms with Gasteiger partial charge in [0, 0.05) is 6.42 Å². The Bertz CT molecular complexity index is 1020. The topological polar surface area (TPSA) is 69.6 Å². The van der Waals surface area contributed by atoms with Gasteiger partial charge in [0.2, 0.25) is 5.91 Å². The van der Waals surface area contributed by atoms with E-state index >= 15 is 0 Å². The first-order valence-corrected chi connectivity index (χ1v) is 32.6. The number of unbranched alkanes of at least 4 members (excludes halogenated alkanes) is 52. The molecule has 2 atom stereocenters. The van der Waals surface area contributed by atoms with Crippen LogP contribution >= 0.6 is 0 Å². The van der Waals surface area contributed by atoms with E-state index in [1.54, 1.807) is 6.08 Å². The van der Waals surface area contributed by atoms with Gasteiger partial charge >= 0.3 is 0 Å². The lowest BCUT2D eigenvalue weighted by molar-refractivity contribution is -0.123. The Morgan fingerprint density at radius 1 is 0.329 bits per heavy atom. The summed E-state index contributed by atoms with van der Waals surface area (Å²) in [7, 11) is 0. The molecule has 2 unspecified atom stereocenters. The zero-order chi connectivity index (χ0) is 50.6. The van der Waals surface area contributed by atoms with Gasteiger partial charge in [-0.1, -0.05) is 346 Å². The summed E-state index contributed by atoms with van der Waals surface area (Å²) in [5, 5.41) is 23.3. The zero-order valence-corrected chi connectivity index (χ0v) is 48.1. The SMILES string of the molecule is CCCCCCCCCC/C=C\CCCCCCCCCCCCCCCC(=O)NC(CO)C(O)/C=C/CCCCCCCCCCCCCCCCCCCCCCCCCCCCCCCCC. The maximum atomic E-state index is 12.5. The molecule has 0 spiro atoms. The summed E-state index contributed by atoms with van der Waals surface area (Å²) in [6, 6.07) is -0.622. The van der Waals surface area contributed by atoms with Crippen LogP contribution in [0.4, 0.5) is 0 Å². The number of allylic oxidation sites excluding steroid dienone is 3. The molecule has 0 saturated heterocycles.